The van der Waals surface area contributed by atoms with Crippen molar-refractivity contribution in [2.75, 3.05) is 0 Å². The summed E-state index contributed by atoms with van der Waals surface area (Å²) in [5.41, 5.74) is 1.88. The molecule has 1 saturated heterocycles. The maximum absolute atomic E-state index is 3.69. The van der Waals surface area contributed by atoms with Crippen LogP contribution in [0.3, 0.4) is 0 Å². The van der Waals surface area contributed by atoms with E-state index in [2.05, 4.69) is 52.9 Å². The third-order valence-corrected chi connectivity index (χ3v) is 3.97. The van der Waals surface area contributed by atoms with Crippen LogP contribution >= 0.6 is 0 Å². The summed E-state index contributed by atoms with van der Waals surface area (Å²) in [5, 5.41) is 3.69. The van der Waals surface area contributed by atoms with Gasteiger partial charge in [-0.15, -0.1) is 0 Å². The van der Waals surface area contributed by atoms with Crippen LogP contribution in [0.4, 0.5) is 0 Å². The standard InChI is InChI=1S/C15H29N/c1-7-12(15(4,5)6)10-14-11(3)9-13(8-2)16-14/h10-13,16H,7-9H2,1-6H3/b14-10+. The van der Waals surface area contributed by atoms with E-state index >= 15 is 0 Å². The Morgan fingerprint density at radius 3 is 2.38 bits per heavy atom. The Morgan fingerprint density at radius 1 is 1.38 bits per heavy atom. The molecule has 3 unspecified atom stereocenters. The number of hydrogen-bond donors (Lipinski definition) is 1. The molecule has 94 valence electrons. The number of hydrogen-bond acceptors (Lipinski definition) is 1. The molecule has 1 aliphatic rings. The SMILES string of the molecule is CCC1CC(C)/C(=C\C(CC)C(C)(C)C)N1. The molecule has 1 heteroatoms. The van der Waals surface area contributed by atoms with Crippen molar-refractivity contribution in [3.05, 3.63) is 11.8 Å². The van der Waals surface area contributed by atoms with Crippen molar-refractivity contribution in [2.24, 2.45) is 17.3 Å². The number of rotatable bonds is 3. The fourth-order valence-corrected chi connectivity index (χ4v) is 2.67. The summed E-state index contributed by atoms with van der Waals surface area (Å²) in [7, 11) is 0. The first-order chi connectivity index (χ1) is 7.38. The topological polar surface area (TPSA) is 12.0 Å². The van der Waals surface area contributed by atoms with E-state index in [1.54, 1.807) is 0 Å². The lowest BCUT2D eigenvalue weighted by Gasteiger charge is -2.28. The number of nitrogens with one attached hydrogen (secondary N) is 1. The van der Waals surface area contributed by atoms with Crippen LogP contribution in [0, 0.1) is 17.3 Å². The second kappa shape index (κ2) is 5.25. The van der Waals surface area contributed by atoms with Gasteiger partial charge in [0.25, 0.3) is 0 Å². The first kappa shape index (κ1) is 13.6. The molecule has 1 rings (SSSR count). The summed E-state index contributed by atoms with van der Waals surface area (Å²) >= 11 is 0. The molecule has 0 aromatic rings. The highest BCUT2D eigenvalue weighted by Crippen LogP contribution is 2.33. The lowest BCUT2D eigenvalue weighted by atomic mass is 9.78. The maximum atomic E-state index is 3.69. The summed E-state index contributed by atoms with van der Waals surface area (Å²) in [6, 6.07) is 0.707. The molecule has 1 nitrogen and oxygen atoms in total. The minimum absolute atomic E-state index is 0.382. The first-order valence-corrected chi connectivity index (χ1v) is 6.86. The molecule has 16 heavy (non-hydrogen) atoms. The highest BCUT2D eigenvalue weighted by Gasteiger charge is 2.27. The van der Waals surface area contributed by atoms with Crippen LogP contribution in [0.25, 0.3) is 0 Å². The van der Waals surface area contributed by atoms with E-state index in [4.69, 9.17) is 0 Å². The Labute approximate surface area is 102 Å². The van der Waals surface area contributed by atoms with Crippen LogP contribution in [-0.2, 0) is 0 Å². The molecule has 1 heterocycles. The van der Waals surface area contributed by atoms with Crippen molar-refractivity contribution in [2.45, 2.75) is 66.8 Å². The van der Waals surface area contributed by atoms with E-state index in [-0.39, 0.29) is 0 Å². The van der Waals surface area contributed by atoms with Crippen LogP contribution < -0.4 is 5.32 Å². The number of allylic oxidation sites excluding steroid dienone is 2. The molecule has 1 N–H and O–H groups in total. The van der Waals surface area contributed by atoms with Crippen molar-refractivity contribution < 1.29 is 0 Å². The minimum atomic E-state index is 0.382. The summed E-state index contributed by atoms with van der Waals surface area (Å²) in [6.45, 7) is 13.9. The largest absolute Gasteiger partial charge is 0.386 e. The predicted molar refractivity (Wildman–Crippen MR) is 72.3 cm³/mol. The van der Waals surface area contributed by atoms with Crippen molar-refractivity contribution >= 4 is 0 Å². The highest BCUT2D eigenvalue weighted by molar-refractivity contribution is 5.13. The summed E-state index contributed by atoms with van der Waals surface area (Å²) < 4.78 is 0. The Hall–Kier alpha value is -0.460. The lowest BCUT2D eigenvalue weighted by molar-refractivity contribution is 0.283. The van der Waals surface area contributed by atoms with E-state index in [0.29, 0.717) is 17.4 Å². The quantitative estimate of drug-likeness (QED) is 0.750. The van der Waals surface area contributed by atoms with Crippen LogP contribution in [0.1, 0.15) is 60.8 Å². The van der Waals surface area contributed by atoms with Crippen molar-refractivity contribution in [1.29, 1.82) is 0 Å². The Balaban J connectivity index is 2.75. The van der Waals surface area contributed by atoms with E-state index in [1.807, 2.05) is 0 Å². The van der Waals surface area contributed by atoms with Crippen molar-refractivity contribution in [3.63, 3.8) is 0 Å². The Bertz CT molecular complexity index is 247. The molecule has 0 saturated carbocycles. The molecule has 1 aliphatic heterocycles. The summed E-state index contributed by atoms with van der Waals surface area (Å²) in [6.07, 6.45) is 6.29. The Morgan fingerprint density at radius 2 is 2.00 bits per heavy atom. The molecule has 3 atom stereocenters. The normalized spacial score (nSPS) is 30.5. The van der Waals surface area contributed by atoms with Gasteiger partial charge in [0.05, 0.1) is 0 Å². The fourth-order valence-electron chi connectivity index (χ4n) is 2.67. The fraction of sp³-hybridized carbons (Fsp3) is 0.867. The molecule has 0 aromatic heterocycles. The highest BCUT2D eigenvalue weighted by atomic mass is 15.0. The molecule has 0 spiro atoms. The third-order valence-electron chi connectivity index (χ3n) is 3.97. The van der Waals surface area contributed by atoms with Gasteiger partial charge >= 0.3 is 0 Å². The average molecular weight is 223 g/mol. The van der Waals surface area contributed by atoms with Crippen LogP contribution in [-0.4, -0.2) is 6.04 Å². The van der Waals surface area contributed by atoms with Crippen molar-refractivity contribution in [1.82, 2.24) is 5.32 Å². The van der Waals surface area contributed by atoms with Crippen LogP contribution in [0.15, 0.2) is 11.8 Å². The summed E-state index contributed by atoms with van der Waals surface area (Å²) in [5.74, 6) is 1.41. The van der Waals surface area contributed by atoms with E-state index in [0.717, 1.165) is 5.92 Å². The molecule has 0 amide bonds. The Kier molecular flexibility index (Phi) is 4.46. The van der Waals surface area contributed by atoms with Gasteiger partial charge in [-0.25, -0.2) is 0 Å². The molecule has 0 aromatic carbocycles. The summed E-state index contributed by atoms with van der Waals surface area (Å²) in [4.78, 5) is 0. The second-order valence-corrected chi connectivity index (χ2v) is 6.39. The van der Waals surface area contributed by atoms with Gasteiger partial charge in [0.2, 0.25) is 0 Å². The van der Waals surface area contributed by atoms with Gasteiger partial charge in [0, 0.05) is 11.7 Å². The smallest absolute Gasteiger partial charge is 0.0261 e. The van der Waals surface area contributed by atoms with Gasteiger partial charge in [-0.1, -0.05) is 47.6 Å². The molecule has 0 radical (unpaired) electrons. The zero-order chi connectivity index (χ0) is 12.3. The zero-order valence-corrected chi connectivity index (χ0v) is 11.9. The van der Waals surface area contributed by atoms with Gasteiger partial charge in [-0.05, 0) is 36.5 Å². The lowest BCUT2D eigenvalue weighted by Crippen LogP contribution is -2.22. The minimum Gasteiger partial charge on any atom is -0.386 e. The monoisotopic (exact) mass is 223 g/mol. The molecule has 0 aliphatic carbocycles. The zero-order valence-electron chi connectivity index (χ0n) is 11.9. The van der Waals surface area contributed by atoms with Crippen LogP contribution in [0.2, 0.25) is 0 Å². The van der Waals surface area contributed by atoms with E-state index in [1.165, 1.54) is 25.0 Å². The van der Waals surface area contributed by atoms with Crippen molar-refractivity contribution in [3.8, 4) is 0 Å². The van der Waals surface area contributed by atoms with Gasteiger partial charge in [-0.3, -0.25) is 0 Å². The van der Waals surface area contributed by atoms with E-state index < -0.39 is 0 Å². The first-order valence-electron chi connectivity index (χ1n) is 6.86. The van der Waals surface area contributed by atoms with E-state index in [9.17, 15) is 0 Å². The second-order valence-electron chi connectivity index (χ2n) is 6.39. The molecular weight excluding hydrogens is 194 g/mol. The maximum Gasteiger partial charge on any atom is 0.0261 e. The molecule has 1 fully saturated rings. The van der Waals surface area contributed by atoms with Crippen LogP contribution in [0.5, 0.6) is 0 Å². The molecule has 0 bridgehead atoms. The van der Waals surface area contributed by atoms with Gasteiger partial charge < -0.3 is 5.32 Å². The van der Waals surface area contributed by atoms with Gasteiger partial charge in [0.1, 0.15) is 0 Å². The van der Waals surface area contributed by atoms with Gasteiger partial charge in [0.15, 0.2) is 0 Å². The van der Waals surface area contributed by atoms with Gasteiger partial charge in [-0.2, -0.15) is 0 Å². The predicted octanol–water partition coefficient (Wildman–Crippen LogP) is 4.35. The third kappa shape index (κ3) is 3.26. The molecular formula is C15H29N. The average Bonchev–Trinajstić information content (AvgIpc) is 2.54.